The summed E-state index contributed by atoms with van der Waals surface area (Å²) in [7, 11) is 3.95. The van der Waals surface area contributed by atoms with Crippen molar-refractivity contribution < 1.29 is 4.74 Å². The molecule has 0 amide bonds. The molecule has 2 unspecified atom stereocenters. The van der Waals surface area contributed by atoms with Crippen LogP contribution in [0, 0.1) is 0 Å². The molecule has 1 fully saturated rings. The molecule has 1 aromatic carbocycles. The van der Waals surface area contributed by atoms with Gasteiger partial charge in [0.1, 0.15) is 5.75 Å². The second-order valence-corrected chi connectivity index (χ2v) is 5.98. The van der Waals surface area contributed by atoms with Crippen LogP contribution in [0.25, 0.3) is 0 Å². The van der Waals surface area contributed by atoms with Gasteiger partial charge in [-0.2, -0.15) is 0 Å². The molecule has 1 N–H and O–H groups in total. The van der Waals surface area contributed by atoms with Crippen LogP contribution >= 0.6 is 0 Å². The van der Waals surface area contributed by atoms with E-state index in [0.29, 0.717) is 6.04 Å². The highest BCUT2D eigenvalue weighted by atomic mass is 16.5. The first-order valence-electron chi connectivity index (χ1n) is 7.94. The lowest BCUT2D eigenvalue weighted by Crippen LogP contribution is -2.51. The van der Waals surface area contributed by atoms with E-state index >= 15 is 0 Å². The molecule has 0 aromatic heterocycles. The SMILES string of the molecule is CCNC(C)c1c(OC)cccc1N1CCN(C)CC1C. The number of methoxy groups -OCH3 is 1. The Labute approximate surface area is 129 Å². The Morgan fingerprint density at radius 3 is 2.76 bits per heavy atom. The monoisotopic (exact) mass is 291 g/mol. The lowest BCUT2D eigenvalue weighted by Gasteiger charge is -2.41. The van der Waals surface area contributed by atoms with Crippen molar-refractivity contribution in [3.8, 4) is 5.75 Å². The standard InChI is InChI=1S/C17H29N3O/c1-6-18-14(3)17-15(8-7-9-16(17)21-5)20-11-10-19(4)12-13(20)2/h7-9,13-14,18H,6,10-12H2,1-5H3. The van der Waals surface area contributed by atoms with Crippen LogP contribution in [0.4, 0.5) is 5.69 Å². The van der Waals surface area contributed by atoms with Crippen molar-refractivity contribution in [1.29, 1.82) is 0 Å². The molecular formula is C17H29N3O. The molecule has 4 heteroatoms. The third kappa shape index (κ3) is 3.50. The van der Waals surface area contributed by atoms with Crippen molar-refractivity contribution >= 4 is 5.69 Å². The molecule has 2 atom stereocenters. The number of anilines is 1. The maximum absolute atomic E-state index is 5.62. The first-order valence-corrected chi connectivity index (χ1v) is 7.94. The van der Waals surface area contributed by atoms with Crippen LogP contribution in [0.2, 0.25) is 0 Å². The second-order valence-electron chi connectivity index (χ2n) is 5.98. The molecule has 1 aliphatic heterocycles. The third-order valence-corrected chi connectivity index (χ3v) is 4.35. The number of nitrogens with zero attached hydrogens (tertiary/aromatic N) is 2. The summed E-state index contributed by atoms with van der Waals surface area (Å²) < 4.78 is 5.62. The van der Waals surface area contributed by atoms with Crippen molar-refractivity contribution in [3.05, 3.63) is 23.8 Å². The number of likely N-dealkylation sites (N-methyl/N-ethyl adjacent to an activating group) is 1. The summed E-state index contributed by atoms with van der Waals surface area (Å²) in [6.07, 6.45) is 0. The van der Waals surface area contributed by atoms with Crippen LogP contribution in [0.3, 0.4) is 0 Å². The highest BCUT2D eigenvalue weighted by Crippen LogP contribution is 2.36. The van der Waals surface area contributed by atoms with E-state index < -0.39 is 0 Å². The maximum atomic E-state index is 5.62. The van der Waals surface area contributed by atoms with Gasteiger partial charge in [-0.1, -0.05) is 13.0 Å². The molecular weight excluding hydrogens is 262 g/mol. The fourth-order valence-corrected chi connectivity index (χ4v) is 3.30. The zero-order valence-corrected chi connectivity index (χ0v) is 14.0. The smallest absolute Gasteiger partial charge is 0.125 e. The van der Waals surface area contributed by atoms with Gasteiger partial charge in [0.2, 0.25) is 0 Å². The van der Waals surface area contributed by atoms with Crippen LogP contribution in [0.1, 0.15) is 32.4 Å². The Balaban J connectivity index is 2.38. The van der Waals surface area contributed by atoms with Crippen LogP contribution in [-0.4, -0.2) is 51.3 Å². The van der Waals surface area contributed by atoms with Crippen molar-refractivity contribution in [3.63, 3.8) is 0 Å². The van der Waals surface area contributed by atoms with Crippen LogP contribution < -0.4 is 15.0 Å². The average Bonchev–Trinajstić information content (AvgIpc) is 2.46. The normalized spacial score (nSPS) is 21.4. The minimum atomic E-state index is 0.285. The van der Waals surface area contributed by atoms with Gasteiger partial charge in [-0.25, -0.2) is 0 Å². The van der Waals surface area contributed by atoms with E-state index in [4.69, 9.17) is 4.74 Å². The van der Waals surface area contributed by atoms with Gasteiger partial charge in [-0.05, 0) is 39.6 Å². The number of benzene rings is 1. The predicted octanol–water partition coefficient (Wildman–Crippen LogP) is 2.51. The summed E-state index contributed by atoms with van der Waals surface area (Å²) >= 11 is 0. The Bertz CT molecular complexity index is 463. The molecule has 1 heterocycles. The minimum Gasteiger partial charge on any atom is -0.496 e. The third-order valence-electron chi connectivity index (χ3n) is 4.35. The highest BCUT2D eigenvalue weighted by Gasteiger charge is 2.26. The number of hydrogen-bond acceptors (Lipinski definition) is 4. The summed E-state index contributed by atoms with van der Waals surface area (Å²) in [5, 5.41) is 3.52. The zero-order chi connectivity index (χ0) is 15.4. The average molecular weight is 291 g/mol. The predicted molar refractivity (Wildman–Crippen MR) is 89.4 cm³/mol. The molecule has 0 bridgehead atoms. The Morgan fingerprint density at radius 2 is 2.14 bits per heavy atom. The van der Waals surface area contributed by atoms with Crippen LogP contribution in [-0.2, 0) is 0 Å². The number of piperazine rings is 1. The highest BCUT2D eigenvalue weighted by molar-refractivity contribution is 5.61. The first kappa shape index (κ1) is 16.1. The Kier molecular flexibility index (Phi) is 5.48. The van der Waals surface area contributed by atoms with Crippen molar-refractivity contribution in [2.24, 2.45) is 0 Å². The minimum absolute atomic E-state index is 0.285. The Morgan fingerprint density at radius 1 is 1.38 bits per heavy atom. The van der Waals surface area contributed by atoms with Crippen LogP contribution in [0.5, 0.6) is 5.75 Å². The van der Waals surface area contributed by atoms with Gasteiger partial charge in [-0.3, -0.25) is 0 Å². The molecule has 0 aliphatic carbocycles. The molecule has 2 rings (SSSR count). The van der Waals surface area contributed by atoms with Gasteiger partial charge in [0.25, 0.3) is 0 Å². The lowest BCUT2D eigenvalue weighted by molar-refractivity contribution is 0.275. The van der Waals surface area contributed by atoms with Gasteiger partial charge < -0.3 is 19.9 Å². The van der Waals surface area contributed by atoms with E-state index in [1.165, 1.54) is 11.3 Å². The second kappa shape index (κ2) is 7.14. The number of ether oxygens (including phenoxy) is 1. The first-order chi connectivity index (χ1) is 10.1. The molecule has 21 heavy (non-hydrogen) atoms. The van der Waals surface area contributed by atoms with E-state index in [0.717, 1.165) is 31.9 Å². The fourth-order valence-electron chi connectivity index (χ4n) is 3.30. The summed E-state index contributed by atoms with van der Waals surface area (Å²) in [4.78, 5) is 4.92. The maximum Gasteiger partial charge on any atom is 0.125 e. The molecule has 0 saturated carbocycles. The van der Waals surface area contributed by atoms with Gasteiger partial charge >= 0.3 is 0 Å². The molecule has 1 aliphatic rings. The van der Waals surface area contributed by atoms with Gasteiger partial charge in [0.05, 0.1) is 7.11 Å². The van der Waals surface area contributed by atoms with E-state index in [9.17, 15) is 0 Å². The molecule has 118 valence electrons. The Hall–Kier alpha value is -1.26. The summed E-state index contributed by atoms with van der Waals surface area (Å²) in [5.41, 5.74) is 2.58. The molecule has 0 radical (unpaired) electrons. The lowest BCUT2D eigenvalue weighted by atomic mass is 10.0. The van der Waals surface area contributed by atoms with Gasteiger partial charge in [-0.15, -0.1) is 0 Å². The fraction of sp³-hybridized carbons (Fsp3) is 0.647. The van der Waals surface area contributed by atoms with Gasteiger partial charge in [0, 0.05) is 43.0 Å². The number of hydrogen-bond donors (Lipinski definition) is 1. The summed E-state index contributed by atoms with van der Waals surface area (Å²) in [5.74, 6) is 0.979. The van der Waals surface area contributed by atoms with Crippen LogP contribution in [0.15, 0.2) is 18.2 Å². The topological polar surface area (TPSA) is 27.7 Å². The summed E-state index contributed by atoms with van der Waals surface area (Å²) in [6.45, 7) is 10.9. The molecule has 1 saturated heterocycles. The quantitative estimate of drug-likeness (QED) is 0.902. The van der Waals surface area contributed by atoms with Crippen molar-refractivity contribution in [2.75, 3.05) is 45.2 Å². The molecule has 4 nitrogen and oxygen atoms in total. The van der Waals surface area contributed by atoms with E-state index in [-0.39, 0.29) is 6.04 Å². The van der Waals surface area contributed by atoms with Gasteiger partial charge in [0.15, 0.2) is 0 Å². The van der Waals surface area contributed by atoms with Crippen molar-refractivity contribution in [2.45, 2.75) is 32.9 Å². The summed E-state index contributed by atoms with van der Waals surface area (Å²) in [6, 6.07) is 7.19. The van der Waals surface area contributed by atoms with E-state index in [2.05, 4.69) is 61.1 Å². The number of rotatable bonds is 5. The van der Waals surface area contributed by atoms with E-state index in [1.54, 1.807) is 7.11 Å². The largest absolute Gasteiger partial charge is 0.496 e. The van der Waals surface area contributed by atoms with Crippen molar-refractivity contribution in [1.82, 2.24) is 10.2 Å². The number of nitrogens with one attached hydrogen (secondary N) is 1. The molecule has 0 spiro atoms. The zero-order valence-electron chi connectivity index (χ0n) is 14.0. The van der Waals surface area contributed by atoms with E-state index in [1.807, 2.05) is 0 Å². The molecule has 1 aromatic rings.